The number of carbonyl (C=O) groups excluding carboxylic acids is 1. The first kappa shape index (κ1) is 31.0. The Morgan fingerprint density at radius 2 is 1.56 bits per heavy atom. The van der Waals surface area contributed by atoms with Crippen molar-refractivity contribution in [3.05, 3.63) is 53.6 Å². The van der Waals surface area contributed by atoms with E-state index in [0.29, 0.717) is 31.6 Å². The van der Waals surface area contributed by atoms with Crippen LogP contribution in [0.2, 0.25) is 0 Å². The Morgan fingerprint density at radius 1 is 0.951 bits per heavy atom. The Bertz CT molecular complexity index is 1160. The Kier molecular flexibility index (Phi) is 9.43. The summed E-state index contributed by atoms with van der Waals surface area (Å²) in [6, 6.07) is 12.1. The highest BCUT2D eigenvalue weighted by molar-refractivity contribution is 5.78. The molecule has 2 aromatic carbocycles. The summed E-state index contributed by atoms with van der Waals surface area (Å²) in [5.41, 5.74) is 1.10. The van der Waals surface area contributed by atoms with Gasteiger partial charge < -0.3 is 15.1 Å². The number of rotatable bonds is 7. The van der Waals surface area contributed by atoms with Crippen LogP contribution in [0.1, 0.15) is 70.4 Å². The summed E-state index contributed by atoms with van der Waals surface area (Å²) in [6.07, 6.45) is 0.0400. The molecule has 0 radical (unpaired) electrons. The van der Waals surface area contributed by atoms with Crippen molar-refractivity contribution in [2.45, 2.75) is 76.9 Å². The molecule has 3 N–H and O–H groups in total. The Morgan fingerprint density at radius 3 is 2.10 bits per heavy atom. The lowest BCUT2D eigenvalue weighted by molar-refractivity contribution is -0.138. The maximum absolute atomic E-state index is 13.4. The molecule has 0 bridgehead atoms. The van der Waals surface area contributed by atoms with Crippen molar-refractivity contribution in [1.29, 1.82) is 0 Å². The van der Waals surface area contributed by atoms with E-state index in [1.165, 1.54) is 17.3 Å². The van der Waals surface area contributed by atoms with E-state index in [2.05, 4.69) is 55.3 Å². The molecule has 0 atom stereocenters. The zero-order valence-electron chi connectivity index (χ0n) is 24.4. The van der Waals surface area contributed by atoms with Gasteiger partial charge in [-0.05, 0) is 85.8 Å². The fraction of sp³-hybridized carbons (Fsp3) is 0.581. The molecule has 1 amide bonds. The molecule has 10 heteroatoms. The molecule has 0 spiro atoms. The summed E-state index contributed by atoms with van der Waals surface area (Å²) < 4.78 is 40.1. The number of alkyl halides is 3. The molecule has 2 aliphatic rings. The lowest BCUT2D eigenvalue weighted by Crippen LogP contribution is -2.42. The monoisotopic (exact) mass is 576 g/mol. The second-order valence-corrected chi connectivity index (χ2v) is 12.7. The van der Waals surface area contributed by atoms with Gasteiger partial charge in [-0.25, -0.2) is 0 Å². The van der Waals surface area contributed by atoms with E-state index < -0.39 is 22.7 Å². The van der Waals surface area contributed by atoms with Gasteiger partial charge in [0.25, 0.3) is 0 Å². The van der Waals surface area contributed by atoms with Crippen LogP contribution < -0.4 is 15.4 Å². The minimum atomic E-state index is -4.74. The quantitative estimate of drug-likeness (QED) is 0.310. The molecule has 226 valence electrons. The van der Waals surface area contributed by atoms with Crippen molar-refractivity contribution in [2.75, 3.05) is 42.1 Å². The zero-order valence-corrected chi connectivity index (χ0v) is 24.4. The third-order valence-corrected chi connectivity index (χ3v) is 8.59. The molecule has 1 aliphatic carbocycles. The normalized spacial score (nSPS) is 20.6. The van der Waals surface area contributed by atoms with Crippen molar-refractivity contribution in [2.24, 2.45) is 11.8 Å². The maximum atomic E-state index is 13.4. The molecule has 1 saturated carbocycles. The fourth-order valence-electron chi connectivity index (χ4n) is 6.08. The summed E-state index contributed by atoms with van der Waals surface area (Å²) >= 11 is 0. The molecule has 2 fully saturated rings. The average Bonchev–Trinajstić information content (AvgIpc) is 2.92. The van der Waals surface area contributed by atoms with E-state index in [-0.39, 0.29) is 29.0 Å². The molecule has 1 saturated heterocycles. The average molecular weight is 577 g/mol. The number of anilines is 3. The number of benzene rings is 2. The number of hydrogen-bond acceptors (Lipinski definition) is 6. The van der Waals surface area contributed by atoms with Crippen molar-refractivity contribution < 1.29 is 28.4 Å². The number of piperidine rings is 1. The Hall–Kier alpha value is -2.98. The van der Waals surface area contributed by atoms with Gasteiger partial charge in [-0.1, -0.05) is 32.9 Å². The van der Waals surface area contributed by atoms with Crippen LogP contribution in [-0.4, -0.2) is 53.9 Å². The standard InChI is InChI=1S/C31H43F3N4O3/c1-30(2,3)23-7-12-26(13-8-23)37-17-15-21(16-18-37)20-36(4)29(39)22-5-9-24(10-6-22)35-25-11-14-28(38(40)41)27(19-25)31(32,33)34/h7-8,11-14,19,21-22,24,35,40-41H,5-6,9-10,15-18,20H2,1-4H3. The molecule has 7 nitrogen and oxygen atoms in total. The first-order valence-corrected chi connectivity index (χ1v) is 14.5. The highest BCUT2D eigenvalue weighted by atomic mass is 19.4. The van der Waals surface area contributed by atoms with E-state index in [4.69, 9.17) is 10.4 Å². The zero-order chi connectivity index (χ0) is 29.9. The van der Waals surface area contributed by atoms with Gasteiger partial charge in [0, 0.05) is 50.0 Å². The first-order valence-electron chi connectivity index (χ1n) is 14.5. The van der Waals surface area contributed by atoms with Crippen LogP contribution in [0.5, 0.6) is 0 Å². The topological polar surface area (TPSA) is 79.3 Å². The lowest BCUT2D eigenvalue weighted by atomic mass is 9.84. The van der Waals surface area contributed by atoms with Crippen LogP contribution in [0, 0.1) is 11.8 Å². The SMILES string of the molecule is CN(CC1CCN(c2ccc(C(C)(C)C)cc2)CC1)C(=O)C1CCC(Nc2ccc(N(O)O)c(C(F)(F)F)c2)CC1. The minimum absolute atomic E-state index is 0.0579. The molecule has 1 heterocycles. The molecule has 1 aliphatic heterocycles. The van der Waals surface area contributed by atoms with Crippen LogP contribution in [0.15, 0.2) is 42.5 Å². The van der Waals surface area contributed by atoms with E-state index >= 15 is 0 Å². The number of nitrogens with zero attached hydrogens (tertiary/aromatic N) is 3. The summed E-state index contributed by atoms with van der Waals surface area (Å²) in [6.45, 7) is 9.35. The van der Waals surface area contributed by atoms with Gasteiger partial charge in [0.2, 0.25) is 5.91 Å². The smallest absolute Gasteiger partial charge is 0.382 e. The lowest BCUT2D eigenvalue weighted by Gasteiger charge is -2.37. The van der Waals surface area contributed by atoms with E-state index in [0.717, 1.165) is 44.6 Å². The fourth-order valence-corrected chi connectivity index (χ4v) is 6.08. The maximum Gasteiger partial charge on any atom is 0.418 e. The highest BCUT2D eigenvalue weighted by Crippen LogP contribution is 2.38. The number of amides is 1. The summed E-state index contributed by atoms with van der Waals surface area (Å²) in [5.74, 6) is 0.537. The van der Waals surface area contributed by atoms with Crippen LogP contribution >= 0.6 is 0 Å². The second-order valence-electron chi connectivity index (χ2n) is 12.7. The van der Waals surface area contributed by atoms with Crippen LogP contribution in [0.3, 0.4) is 0 Å². The van der Waals surface area contributed by atoms with Gasteiger partial charge in [0.1, 0.15) is 5.69 Å². The van der Waals surface area contributed by atoms with E-state index in [9.17, 15) is 18.0 Å². The van der Waals surface area contributed by atoms with Gasteiger partial charge in [0.05, 0.1) is 5.56 Å². The van der Waals surface area contributed by atoms with Crippen molar-refractivity contribution in [3.8, 4) is 0 Å². The van der Waals surface area contributed by atoms with Crippen LogP contribution in [0.25, 0.3) is 0 Å². The Labute approximate surface area is 240 Å². The number of nitrogens with one attached hydrogen (secondary N) is 1. The number of halogens is 3. The van der Waals surface area contributed by atoms with Gasteiger partial charge in [-0.3, -0.25) is 15.2 Å². The van der Waals surface area contributed by atoms with Crippen molar-refractivity contribution >= 4 is 23.0 Å². The highest BCUT2D eigenvalue weighted by Gasteiger charge is 2.36. The molecule has 0 unspecified atom stereocenters. The molecule has 0 aromatic heterocycles. The molecular formula is C31H43F3N4O3. The molecule has 4 rings (SSSR count). The van der Waals surface area contributed by atoms with E-state index in [1.54, 1.807) is 0 Å². The Balaban J connectivity index is 1.23. The third kappa shape index (κ3) is 7.86. The second kappa shape index (κ2) is 12.5. The van der Waals surface area contributed by atoms with Gasteiger partial charge in [-0.15, -0.1) is 5.23 Å². The number of hydrogen-bond donors (Lipinski definition) is 3. The van der Waals surface area contributed by atoms with Crippen LogP contribution in [-0.2, 0) is 16.4 Å². The molecule has 41 heavy (non-hydrogen) atoms. The van der Waals surface area contributed by atoms with Crippen LogP contribution in [0.4, 0.5) is 30.2 Å². The molecule has 2 aromatic rings. The summed E-state index contributed by atoms with van der Waals surface area (Å²) in [5, 5.41) is 20.9. The predicted molar refractivity (Wildman–Crippen MR) is 155 cm³/mol. The number of carbonyl (C=O) groups is 1. The van der Waals surface area contributed by atoms with Gasteiger partial charge >= 0.3 is 6.18 Å². The predicted octanol–water partition coefficient (Wildman–Crippen LogP) is 6.93. The summed E-state index contributed by atoms with van der Waals surface area (Å²) in [7, 11) is 1.89. The molecular weight excluding hydrogens is 533 g/mol. The van der Waals surface area contributed by atoms with Gasteiger partial charge in [0.15, 0.2) is 0 Å². The minimum Gasteiger partial charge on any atom is -0.382 e. The largest absolute Gasteiger partial charge is 0.418 e. The summed E-state index contributed by atoms with van der Waals surface area (Å²) in [4.78, 5) is 17.5. The van der Waals surface area contributed by atoms with Crippen molar-refractivity contribution in [3.63, 3.8) is 0 Å². The van der Waals surface area contributed by atoms with Gasteiger partial charge in [-0.2, -0.15) is 13.2 Å². The van der Waals surface area contributed by atoms with Crippen molar-refractivity contribution in [1.82, 2.24) is 4.90 Å². The first-order chi connectivity index (χ1) is 19.2. The van der Waals surface area contributed by atoms with E-state index in [1.807, 2.05) is 11.9 Å². The third-order valence-electron chi connectivity index (χ3n) is 8.59.